The normalized spacial score (nSPS) is 11.2. The van der Waals surface area contributed by atoms with Crippen LogP contribution in [0.25, 0.3) is 22.4 Å². The van der Waals surface area contributed by atoms with E-state index in [0.717, 1.165) is 22.9 Å². The number of carbonyl (C=O) groups excluding carboxylic acids is 1. The summed E-state index contributed by atoms with van der Waals surface area (Å²) in [5, 5.41) is 10.1. The molecule has 0 aliphatic heterocycles. The Labute approximate surface area is 249 Å². The Bertz CT molecular complexity index is 1790. The Morgan fingerprint density at radius 2 is 1.47 bits per heavy atom. The van der Waals surface area contributed by atoms with E-state index in [0.29, 0.717) is 23.7 Å². The number of benzene rings is 4. The first kappa shape index (κ1) is 27.7. The summed E-state index contributed by atoms with van der Waals surface area (Å²) in [5.41, 5.74) is 5.21. The molecule has 2 aromatic heterocycles. The van der Waals surface area contributed by atoms with E-state index in [-0.39, 0.29) is 24.9 Å². The van der Waals surface area contributed by atoms with Crippen molar-refractivity contribution in [2.24, 2.45) is 0 Å². The van der Waals surface area contributed by atoms with E-state index < -0.39 is 5.97 Å². The largest absolute Gasteiger partial charge is 0.480 e. The van der Waals surface area contributed by atoms with E-state index in [1.165, 1.54) is 11.1 Å². The monoisotopic (exact) mass is 569 g/mol. The second-order valence-electron chi connectivity index (χ2n) is 10.5. The Morgan fingerprint density at radius 3 is 2.12 bits per heavy atom. The average Bonchev–Trinajstić information content (AvgIpc) is 3.68. The predicted octanol–water partition coefficient (Wildman–Crippen LogP) is 7.25. The second-order valence-corrected chi connectivity index (χ2v) is 10.5. The molecule has 0 bridgehead atoms. The summed E-state index contributed by atoms with van der Waals surface area (Å²) < 4.78 is 7.61. The van der Waals surface area contributed by atoms with E-state index >= 15 is 0 Å². The number of fused-ring (bicyclic) bond motifs is 1. The van der Waals surface area contributed by atoms with Crippen molar-refractivity contribution in [3.63, 3.8) is 0 Å². The molecule has 0 spiro atoms. The van der Waals surface area contributed by atoms with Gasteiger partial charge in [-0.25, -0.2) is 4.98 Å². The standard InChI is InChI=1S/C36H31N3O4/c40-34(41)24-38-21-20-31-32(17-10-18-33(31)38)35-37-29(25-43-35)23-39(36(42)28-15-8-3-9-16-28)22-19-30(26-11-4-1-5-12-26)27-13-6-2-7-14-27/h1-18,20-21,25,30H,19,22-24H2,(H,40,41). The van der Waals surface area contributed by atoms with Gasteiger partial charge in [0.1, 0.15) is 12.8 Å². The van der Waals surface area contributed by atoms with Crippen molar-refractivity contribution in [1.29, 1.82) is 0 Å². The summed E-state index contributed by atoms with van der Waals surface area (Å²) in [6.07, 6.45) is 4.08. The summed E-state index contributed by atoms with van der Waals surface area (Å²) in [6.45, 7) is 0.662. The zero-order valence-electron chi connectivity index (χ0n) is 23.5. The molecule has 43 heavy (non-hydrogen) atoms. The summed E-state index contributed by atoms with van der Waals surface area (Å²) in [4.78, 5) is 31.7. The highest BCUT2D eigenvalue weighted by atomic mass is 16.4. The molecule has 1 N–H and O–H groups in total. The molecule has 0 saturated heterocycles. The molecule has 214 valence electrons. The topological polar surface area (TPSA) is 88.6 Å². The molecule has 0 aliphatic rings. The molecule has 0 saturated carbocycles. The number of carboxylic acid groups (broad SMARTS) is 1. The minimum Gasteiger partial charge on any atom is -0.480 e. The zero-order valence-corrected chi connectivity index (χ0v) is 23.5. The van der Waals surface area contributed by atoms with Gasteiger partial charge in [-0.05, 0) is 47.9 Å². The maximum atomic E-state index is 13.8. The molecular weight excluding hydrogens is 538 g/mol. The SMILES string of the molecule is O=C(O)Cn1ccc2c(-c3nc(CN(CCC(c4ccccc4)c4ccccc4)C(=O)c4ccccc4)co3)cccc21. The number of nitrogens with zero attached hydrogens (tertiary/aromatic N) is 3. The molecule has 0 unspecified atom stereocenters. The van der Waals surface area contributed by atoms with Crippen LogP contribution in [0.15, 0.2) is 132 Å². The van der Waals surface area contributed by atoms with Crippen LogP contribution in [-0.4, -0.2) is 38.0 Å². The van der Waals surface area contributed by atoms with Crippen LogP contribution in [0.3, 0.4) is 0 Å². The van der Waals surface area contributed by atoms with Crippen molar-refractivity contribution in [1.82, 2.24) is 14.5 Å². The number of hydrogen-bond acceptors (Lipinski definition) is 4. The van der Waals surface area contributed by atoms with Crippen LogP contribution >= 0.6 is 0 Å². The first-order valence-corrected chi connectivity index (χ1v) is 14.3. The fourth-order valence-electron chi connectivity index (χ4n) is 5.59. The lowest BCUT2D eigenvalue weighted by atomic mass is 9.88. The molecule has 0 radical (unpaired) electrons. The third-order valence-corrected chi connectivity index (χ3v) is 7.65. The molecule has 6 aromatic rings. The Kier molecular flexibility index (Phi) is 8.13. The minimum absolute atomic E-state index is 0.0714. The first-order chi connectivity index (χ1) is 21.1. The van der Waals surface area contributed by atoms with Crippen LogP contribution in [-0.2, 0) is 17.9 Å². The van der Waals surface area contributed by atoms with Crippen LogP contribution in [0.5, 0.6) is 0 Å². The Balaban J connectivity index is 1.28. The lowest BCUT2D eigenvalue weighted by Crippen LogP contribution is -2.32. The van der Waals surface area contributed by atoms with Crippen LogP contribution < -0.4 is 0 Å². The van der Waals surface area contributed by atoms with Gasteiger partial charge in [-0.3, -0.25) is 9.59 Å². The van der Waals surface area contributed by atoms with Gasteiger partial charge in [0.2, 0.25) is 5.89 Å². The van der Waals surface area contributed by atoms with Gasteiger partial charge in [0.15, 0.2) is 0 Å². The average molecular weight is 570 g/mol. The molecule has 7 nitrogen and oxygen atoms in total. The highest BCUT2D eigenvalue weighted by Crippen LogP contribution is 2.31. The number of carbonyl (C=O) groups is 2. The van der Waals surface area contributed by atoms with E-state index in [9.17, 15) is 14.7 Å². The van der Waals surface area contributed by atoms with Gasteiger partial charge in [-0.1, -0.05) is 84.9 Å². The summed E-state index contributed by atoms with van der Waals surface area (Å²) in [5.74, 6) is -0.440. The van der Waals surface area contributed by atoms with Crippen molar-refractivity contribution in [3.8, 4) is 11.5 Å². The smallest absolute Gasteiger partial charge is 0.323 e. The fourth-order valence-corrected chi connectivity index (χ4v) is 5.59. The highest BCUT2D eigenvalue weighted by Gasteiger charge is 2.22. The van der Waals surface area contributed by atoms with Crippen LogP contribution in [0, 0.1) is 0 Å². The predicted molar refractivity (Wildman–Crippen MR) is 166 cm³/mol. The maximum absolute atomic E-state index is 13.8. The Hall–Kier alpha value is -5.43. The number of aliphatic carboxylic acids is 1. The number of oxazole rings is 1. The summed E-state index contributed by atoms with van der Waals surface area (Å²) in [6, 6.07) is 37.6. The van der Waals surface area contributed by atoms with Gasteiger partial charge in [0, 0.05) is 40.7 Å². The lowest BCUT2D eigenvalue weighted by molar-refractivity contribution is -0.137. The molecule has 0 fully saturated rings. The van der Waals surface area contributed by atoms with Gasteiger partial charge in [-0.2, -0.15) is 0 Å². The van der Waals surface area contributed by atoms with E-state index in [2.05, 4.69) is 24.3 Å². The lowest BCUT2D eigenvalue weighted by Gasteiger charge is -2.25. The molecule has 1 amide bonds. The van der Waals surface area contributed by atoms with Gasteiger partial charge in [-0.15, -0.1) is 0 Å². The van der Waals surface area contributed by atoms with Crippen molar-refractivity contribution < 1.29 is 19.1 Å². The number of rotatable bonds is 11. The quantitative estimate of drug-likeness (QED) is 0.178. The van der Waals surface area contributed by atoms with Crippen molar-refractivity contribution >= 4 is 22.8 Å². The van der Waals surface area contributed by atoms with Crippen LogP contribution in [0.1, 0.15) is 39.5 Å². The molecular formula is C36H31N3O4. The molecule has 7 heteroatoms. The van der Waals surface area contributed by atoms with Crippen LogP contribution in [0.2, 0.25) is 0 Å². The summed E-state index contributed by atoms with van der Waals surface area (Å²) in [7, 11) is 0. The molecule has 0 atom stereocenters. The number of hydrogen-bond donors (Lipinski definition) is 1. The third kappa shape index (κ3) is 6.26. The van der Waals surface area contributed by atoms with E-state index in [1.54, 1.807) is 17.0 Å². The Morgan fingerprint density at radius 1 is 0.814 bits per heavy atom. The van der Waals surface area contributed by atoms with Crippen molar-refractivity contribution in [3.05, 3.63) is 150 Å². The molecule has 6 rings (SSSR count). The van der Waals surface area contributed by atoms with Gasteiger partial charge in [0.05, 0.1) is 12.2 Å². The molecule has 0 aliphatic carbocycles. The van der Waals surface area contributed by atoms with Gasteiger partial charge >= 0.3 is 5.97 Å². The van der Waals surface area contributed by atoms with Crippen LogP contribution in [0.4, 0.5) is 0 Å². The molecule has 4 aromatic carbocycles. The number of carboxylic acids is 1. The number of amides is 1. The zero-order chi connectivity index (χ0) is 29.6. The third-order valence-electron chi connectivity index (χ3n) is 7.65. The fraction of sp³-hybridized carbons (Fsp3) is 0.139. The van der Waals surface area contributed by atoms with E-state index in [4.69, 9.17) is 9.40 Å². The van der Waals surface area contributed by atoms with Crippen molar-refractivity contribution in [2.75, 3.05) is 6.54 Å². The minimum atomic E-state index is -0.911. The molecule has 2 heterocycles. The summed E-state index contributed by atoms with van der Waals surface area (Å²) >= 11 is 0. The van der Waals surface area contributed by atoms with Gasteiger partial charge < -0.3 is 19.0 Å². The second kappa shape index (κ2) is 12.6. The van der Waals surface area contributed by atoms with Gasteiger partial charge in [0.25, 0.3) is 5.91 Å². The number of aromatic nitrogens is 2. The first-order valence-electron chi connectivity index (χ1n) is 14.3. The van der Waals surface area contributed by atoms with Crippen molar-refractivity contribution in [2.45, 2.75) is 25.4 Å². The van der Waals surface area contributed by atoms with E-state index in [1.807, 2.05) is 95.9 Å². The highest BCUT2D eigenvalue weighted by molar-refractivity contribution is 5.95. The maximum Gasteiger partial charge on any atom is 0.323 e.